The predicted octanol–water partition coefficient (Wildman–Crippen LogP) is 4.00. The van der Waals surface area contributed by atoms with Crippen molar-refractivity contribution >= 4 is 35.6 Å². The molecule has 27 heavy (non-hydrogen) atoms. The molecule has 0 aliphatic rings. The number of hydrogen-bond acceptors (Lipinski definition) is 4. The zero-order chi connectivity index (χ0) is 18.8. The second-order valence-electron chi connectivity index (χ2n) is 6.61. The lowest BCUT2D eigenvalue weighted by atomic mass is 10.1. The first-order valence-electron chi connectivity index (χ1n) is 9.34. The van der Waals surface area contributed by atoms with Gasteiger partial charge in [0.1, 0.15) is 6.54 Å². The molecule has 2 rings (SSSR count). The van der Waals surface area contributed by atoms with Crippen LogP contribution in [-0.2, 0) is 6.54 Å². The van der Waals surface area contributed by atoms with Crippen molar-refractivity contribution in [2.45, 2.75) is 39.7 Å². The first kappa shape index (κ1) is 23.3. The number of nitrogens with one attached hydrogen (secondary N) is 2. The summed E-state index contributed by atoms with van der Waals surface area (Å²) in [5.41, 5.74) is 2.21. The quantitative estimate of drug-likeness (QED) is 0.243. The van der Waals surface area contributed by atoms with E-state index in [2.05, 4.69) is 77.8 Å². The number of anilines is 1. The Kier molecular flexibility index (Phi) is 10.8. The fraction of sp³-hybridized carbons (Fsp3) is 0.500. The van der Waals surface area contributed by atoms with E-state index in [-0.39, 0.29) is 24.0 Å². The molecule has 0 aliphatic carbocycles. The lowest BCUT2D eigenvalue weighted by Gasteiger charge is -2.19. The van der Waals surface area contributed by atoms with E-state index in [0.717, 1.165) is 43.5 Å². The van der Waals surface area contributed by atoms with Crippen LogP contribution in [0.2, 0.25) is 0 Å². The van der Waals surface area contributed by atoms with Crippen molar-refractivity contribution in [3.8, 4) is 0 Å². The number of aromatic nitrogens is 1. The topological polar surface area (TPSA) is 65.7 Å². The predicted molar refractivity (Wildman–Crippen MR) is 123 cm³/mol. The summed E-state index contributed by atoms with van der Waals surface area (Å²) >= 11 is 0. The van der Waals surface area contributed by atoms with E-state index in [1.165, 1.54) is 5.69 Å². The third-order valence-electron chi connectivity index (χ3n) is 4.07. The van der Waals surface area contributed by atoms with E-state index in [9.17, 15) is 0 Å². The Morgan fingerprint density at radius 3 is 2.59 bits per heavy atom. The van der Waals surface area contributed by atoms with Crippen LogP contribution in [-0.4, -0.2) is 37.8 Å². The van der Waals surface area contributed by atoms with Crippen molar-refractivity contribution in [1.29, 1.82) is 0 Å². The fourth-order valence-corrected chi connectivity index (χ4v) is 2.51. The summed E-state index contributed by atoms with van der Waals surface area (Å²) < 4.78 is 5.34. The molecular weight excluding hydrogens is 453 g/mol. The summed E-state index contributed by atoms with van der Waals surface area (Å²) in [6.45, 7) is 9.41. The number of para-hydroxylation sites is 1. The van der Waals surface area contributed by atoms with Gasteiger partial charge in [0.05, 0.1) is 5.69 Å². The summed E-state index contributed by atoms with van der Waals surface area (Å²) in [5, 5.41) is 10.7. The van der Waals surface area contributed by atoms with E-state index in [4.69, 9.17) is 4.52 Å². The third-order valence-corrected chi connectivity index (χ3v) is 4.07. The molecule has 0 spiro atoms. The van der Waals surface area contributed by atoms with Gasteiger partial charge in [-0.1, -0.05) is 37.2 Å². The van der Waals surface area contributed by atoms with Crippen LogP contribution in [0.4, 0.5) is 5.69 Å². The number of nitrogens with zero attached hydrogens (tertiary/aromatic N) is 3. The maximum absolute atomic E-state index is 5.34. The van der Waals surface area contributed by atoms with Crippen LogP contribution in [0.1, 0.15) is 44.6 Å². The van der Waals surface area contributed by atoms with Gasteiger partial charge in [-0.05, 0) is 31.4 Å². The first-order chi connectivity index (χ1) is 12.6. The Morgan fingerprint density at radius 1 is 1.22 bits per heavy atom. The molecule has 1 aromatic carbocycles. The molecule has 0 fully saturated rings. The largest absolute Gasteiger partial charge is 0.375 e. The molecule has 0 amide bonds. The Hall–Kier alpha value is -1.77. The summed E-state index contributed by atoms with van der Waals surface area (Å²) in [6.07, 6.45) is 1.02. The number of hydrogen-bond donors (Lipinski definition) is 2. The van der Waals surface area contributed by atoms with Crippen LogP contribution in [0.25, 0.3) is 0 Å². The highest BCUT2D eigenvalue weighted by Gasteiger charge is 2.07. The lowest BCUT2D eigenvalue weighted by molar-refractivity contribution is 0.376. The van der Waals surface area contributed by atoms with Crippen LogP contribution >= 0.6 is 24.0 Å². The standard InChI is InChI=1S/C20H31N5O.HI/c1-5-21-20(23-15-18-14-19(16(2)3)24-26-18)22-12-9-13-25(4)17-10-7-6-8-11-17;/h6-8,10-11,14,16H,5,9,12-13,15H2,1-4H3,(H2,21,22,23);1H. The van der Waals surface area contributed by atoms with Gasteiger partial charge in [-0.15, -0.1) is 24.0 Å². The second-order valence-corrected chi connectivity index (χ2v) is 6.61. The van der Waals surface area contributed by atoms with Gasteiger partial charge >= 0.3 is 0 Å². The van der Waals surface area contributed by atoms with Gasteiger partial charge in [-0.25, -0.2) is 4.99 Å². The van der Waals surface area contributed by atoms with Crippen LogP contribution in [0, 0.1) is 0 Å². The van der Waals surface area contributed by atoms with Gasteiger partial charge in [0, 0.05) is 38.4 Å². The van der Waals surface area contributed by atoms with Crippen LogP contribution in [0.5, 0.6) is 0 Å². The highest BCUT2D eigenvalue weighted by molar-refractivity contribution is 14.0. The molecule has 0 radical (unpaired) electrons. The molecule has 1 aromatic heterocycles. The molecule has 0 unspecified atom stereocenters. The Balaban J connectivity index is 0.00000364. The number of benzene rings is 1. The van der Waals surface area contributed by atoms with Gasteiger partial charge in [0.25, 0.3) is 0 Å². The van der Waals surface area contributed by atoms with Gasteiger partial charge in [0.2, 0.25) is 0 Å². The molecule has 0 saturated carbocycles. The number of rotatable bonds is 9. The molecule has 0 bridgehead atoms. The van der Waals surface area contributed by atoms with Gasteiger partial charge in [-0.2, -0.15) is 0 Å². The van der Waals surface area contributed by atoms with E-state index >= 15 is 0 Å². The summed E-state index contributed by atoms with van der Waals surface area (Å²) in [5.74, 6) is 1.96. The number of halogens is 1. The molecule has 150 valence electrons. The van der Waals surface area contributed by atoms with Gasteiger partial charge in [-0.3, -0.25) is 0 Å². The molecule has 2 N–H and O–H groups in total. The normalized spacial score (nSPS) is 11.2. The van der Waals surface area contributed by atoms with Crippen LogP contribution < -0.4 is 15.5 Å². The van der Waals surface area contributed by atoms with Crippen LogP contribution in [0.3, 0.4) is 0 Å². The maximum atomic E-state index is 5.34. The van der Waals surface area contributed by atoms with Gasteiger partial charge in [0.15, 0.2) is 11.7 Å². The zero-order valence-corrected chi connectivity index (χ0v) is 19.1. The summed E-state index contributed by atoms with van der Waals surface area (Å²) in [7, 11) is 2.12. The molecule has 2 aromatic rings. The average Bonchev–Trinajstić information content (AvgIpc) is 3.13. The van der Waals surface area contributed by atoms with E-state index < -0.39 is 0 Å². The SMILES string of the molecule is CCNC(=NCc1cc(C(C)C)no1)NCCCN(C)c1ccccc1.I. The molecule has 0 atom stereocenters. The van der Waals surface area contributed by atoms with Crippen molar-refractivity contribution in [1.82, 2.24) is 15.8 Å². The number of guanidine groups is 1. The average molecular weight is 485 g/mol. The van der Waals surface area contributed by atoms with Crippen molar-refractivity contribution in [3.05, 3.63) is 47.9 Å². The van der Waals surface area contributed by atoms with Crippen molar-refractivity contribution in [2.24, 2.45) is 4.99 Å². The van der Waals surface area contributed by atoms with Gasteiger partial charge < -0.3 is 20.1 Å². The minimum Gasteiger partial charge on any atom is -0.375 e. The fourth-order valence-electron chi connectivity index (χ4n) is 2.51. The first-order valence-corrected chi connectivity index (χ1v) is 9.34. The molecule has 1 heterocycles. The van der Waals surface area contributed by atoms with E-state index in [1.54, 1.807) is 0 Å². The summed E-state index contributed by atoms with van der Waals surface area (Å²) in [4.78, 5) is 6.84. The van der Waals surface area contributed by atoms with Crippen LogP contribution in [0.15, 0.2) is 45.9 Å². The highest BCUT2D eigenvalue weighted by Crippen LogP contribution is 2.14. The monoisotopic (exact) mass is 485 g/mol. The smallest absolute Gasteiger partial charge is 0.191 e. The highest BCUT2D eigenvalue weighted by atomic mass is 127. The van der Waals surface area contributed by atoms with Crippen molar-refractivity contribution in [2.75, 3.05) is 31.6 Å². The Morgan fingerprint density at radius 2 is 1.96 bits per heavy atom. The molecule has 6 nitrogen and oxygen atoms in total. The van der Waals surface area contributed by atoms with E-state index in [1.807, 2.05) is 12.1 Å². The molecule has 7 heteroatoms. The maximum Gasteiger partial charge on any atom is 0.191 e. The third kappa shape index (κ3) is 8.19. The van der Waals surface area contributed by atoms with Crippen molar-refractivity contribution in [3.63, 3.8) is 0 Å². The summed E-state index contributed by atoms with van der Waals surface area (Å²) in [6, 6.07) is 12.4. The zero-order valence-electron chi connectivity index (χ0n) is 16.7. The molecular formula is C20H32IN5O. The lowest BCUT2D eigenvalue weighted by Crippen LogP contribution is -2.38. The second kappa shape index (κ2) is 12.6. The minimum absolute atomic E-state index is 0. The number of aliphatic imine (C=N–C) groups is 1. The molecule has 0 aliphatic heterocycles. The van der Waals surface area contributed by atoms with Crippen molar-refractivity contribution < 1.29 is 4.52 Å². The minimum atomic E-state index is 0. The molecule has 0 saturated heterocycles. The van der Waals surface area contributed by atoms with E-state index in [0.29, 0.717) is 12.5 Å². The Labute approximate surface area is 179 Å². The Bertz CT molecular complexity index is 672.